The minimum atomic E-state index is -0.253. The molecule has 0 saturated heterocycles. The van der Waals surface area contributed by atoms with Gasteiger partial charge in [-0.2, -0.15) is 0 Å². The molecule has 0 N–H and O–H groups in total. The Morgan fingerprint density at radius 3 is 2.91 bits per heavy atom. The van der Waals surface area contributed by atoms with Crippen molar-refractivity contribution < 1.29 is 4.79 Å². The van der Waals surface area contributed by atoms with E-state index in [1.165, 1.54) is 6.20 Å². The van der Waals surface area contributed by atoms with Gasteiger partial charge >= 0.3 is 0 Å². The lowest BCUT2D eigenvalue weighted by Crippen LogP contribution is -2.03. The van der Waals surface area contributed by atoms with Crippen LogP contribution in [0, 0.1) is 0 Å². The van der Waals surface area contributed by atoms with E-state index in [-0.39, 0.29) is 17.4 Å². The topological polar surface area (TPSA) is 30.0 Å². The van der Waals surface area contributed by atoms with Crippen LogP contribution in [0.15, 0.2) is 18.3 Å². The van der Waals surface area contributed by atoms with Crippen LogP contribution in [-0.4, -0.2) is 16.6 Å². The maximum atomic E-state index is 11.0. The van der Waals surface area contributed by atoms with Gasteiger partial charge < -0.3 is 0 Å². The normalized spacial score (nSPS) is 9.64. The van der Waals surface area contributed by atoms with Crippen molar-refractivity contribution in [3.63, 3.8) is 0 Å². The number of carbonyl (C=O) groups is 1. The number of halogens is 2. The Kier molecular flexibility index (Phi) is 2.85. The van der Waals surface area contributed by atoms with Crippen molar-refractivity contribution in [1.29, 1.82) is 0 Å². The smallest absolute Gasteiger partial charge is 0.197 e. The fourth-order valence-electron chi connectivity index (χ4n) is 0.654. The first kappa shape index (κ1) is 8.50. The highest BCUT2D eigenvalue weighted by atomic mass is 35.5. The van der Waals surface area contributed by atoms with E-state index in [9.17, 15) is 4.79 Å². The summed E-state index contributed by atoms with van der Waals surface area (Å²) in [6.45, 7) is 0. The number of rotatable bonds is 2. The summed E-state index contributed by atoms with van der Waals surface area (Å²) in [7, 11) is 0. The molecule has 0 fully saturated rings. The molecule has 4 heteroatoms. The van der Waals surface area contributed by atoms with Crippen molar-refractivity contribution in [2.24, 2.45) is 0 Å². The molecule has 11 heavy (non-hydrogen) atoms. The largest absolute Gasteiger partial charge is 0.291 e. The molecule has 0 aromatic carbocycles. The zero-order valence-electron chi connectivity index (χ0n) is 5.55. The summed E-state index contributed by atoms with van der Waals surface area (Å²) in [4.78, 5) is 14.7. The predicted molar refractivity (Wildman–Crippen MR) is 44.3 cm³/mol. The second kappa shape index (κ2) is 3.69. The summed E-state index contributed by atoms with van der Waals surface area (Å²) in [6, 6.07) is 3.27. The Labute approximate surface area is 74.1 Å². The minimum Gasteiger partial charge on any atom is -0.291 e. The Bertz CT molecular complexity index is 275. The van der Waals surface area contributed by atoms with Gasteiger partial charge in [-0.3, -0.25) is 9.78 Å². The van der Waals surface area contributed by atoms with Gasteiger partial charge in [0.1, 0.15) is 5.69 Å². The SMILES string of the molecule is O=C(CCl)c1ncccc1Cl. The molecule has 1 heterocycles. The average molecular weight is 190 g/mol. The standard InChI is InChI=1S/C7H5Cl2NO/c8-4-6(11)7-5(9)2-1-3-10-7/h1-3H,4H2. The number of carbonyl (C=O) groups excluding carboxylic acids is 1. The second-order valence-corrected chi connectivity index (χ2v) is 2.57. The number of Topliss-reactive ketones (excluding diaryl/α,β-unsaturated/α-hetero) is 1. The van der Waals surface area contributed by atoms with Gasteiger partial charge in [-0.15, -0.1) is 11.6 Å². The molecule has 1 rings (SSSR count). The van der Waals surface area contributed by atoms with Crippen molar-refractivity contribution >= 4 is 29.0 Å². The molecule has 0 aliphatic heterocycles. The van der Waals surface area contributed by atoms with Gasteiger partial charge in [-0.25, -0.2) is 0 Å². The Balaban J connectivity index is 3.03. The molecule has 0 spiro atoms. The maximum Gasteiger partial charge on any atom is 0.197 e. The Morgan fingerprint density at radius 2 is 2.36 bits per heavy atom. The van der Waals surface area contributed by atoms with E-state index in [1.54, 1.807) is 12.1 Å². The van der Waals surface area contributed by atoms with Crippen LogP contribution in [0.2, 0.25) is 5.02 Å². The summed E-state index contributed by atoms with van der Waals surface area (Å²) in [6.07, 6.45) is 1.51. The van der Waals surface area contributed by atoms with Crippen LogP contribution < -0.4 is 0 Å². The van der Waals surface area contributed by atoms with Gasteiger partial charge in [0.2, 0.25) is 0 Å². The lowest BCUT2D eigenvalue weighted by molar-refractivity contribution is 0.101. The summed E-state index contributed by atoms with van der Waals surface area (Å²) in [5.41, 5.74) is 0.240. The van der Waals surface area contributed by atoms with E-state index in [0.29, 0.717) is 5.02 Å². The van der Waals surface area contributed by atoms with Gasteiger partial charge in [0, 0.05) is 6.20 Å². The van der Waals surface area contributed by atoms with Crippen molar-refractivity contribution in [3.05, 3.63) is 29.0 Å². The number of nitrogens with zero attached hydrogens (tertiary/aromatic N) is 1. The number of hydrogen-bond acceptors (Lipinski definition) is 2. The minimum absolute atomic E-state index is 0.0866. The van der Waals surface area contributed by atoms with Crippen molar-refractivity contribution in [1.82, 2.24) is 4.98 Å². The van der Waals surface area contributed by atoms with Gasteiger partial charge in [0.15, 0.2) is 5.78 Å². The predicted octanol–water partition coefficient (Wildman–Crippen LogP) is 2.16. The van der Waals surface area contributed by atoms with Crippen LogP contribution in [0.3, 0.4) is 0 Å². The summed E-state index contributed by atoms with van der Waals surface area (Å²) < 4.78 is 0. The highest BCUT2D eigenvalue weighted by molar-refractivity contribution is 6.36. The molecule has 0 aliphatic rings. The molecule has 0 amide bonds. The first-order chi connectivity index (χ1) is 5.25. The van der Waals surface area contributed by atoms with Crippen LogP contribution in [0.4, 0.5) is 0 Å². The molecule has 2 nitrogen and oxygen atoms in total. The third-order valence-electron chi connectivity index (χ3n) is 1.14. The number of ketones is 1. The molecule has 0 aliphatic carbocycles. The quantitative estimate of drug-likeness (QED) is 0.528. The Morgan fingerprint density at radius 1 is 1.64 bits per heavy atom. The molecule has 0 atom stereocenters. The first-order valence-corrected chi connectivity index (χ1v) is 3.86. The van der Waals surface area contributed by atoms with Crippen molar-refractivity contribution in [2.75, 3.05) is 5.88 Å². The first-order valence-electron chi connectivity index (χ1n) is 2.95. The van der Waals surface area contributed by atoms with E-state index >= 15 is 0 Å². The third-order valence-corrected chi connectivity index (χ3v) is 1.69. The lowest BCUT2D eigenvalue weighted by atomic mass is 10.3. The molecule has 58 valence electrons. The monoisotopic (exact) mass is 189 g/mol. The number of aromatic nitrogens is 1. The van der Waals surface area contributed by atoms with Crippen LogP contribution in [0.25, 0.3) is 0 Å². The average Bonchev–Trinajstić information content (AvgIpc) is 2.04. The fraction of sp³-hybridized carbons (Fsp3) is 0.143. The number of hydrogen-bond donors (Lipinski definition) is 0. The fourth-order valence-corrected chi connectivity index (χ4v) is 1.01. The van der Waals surface area contributed by atoms with Gasteiger partial charge in [0.25, 0.3) is 0 Å². The molecule has 1 aromatic rings. The molecule has 0 unspecified atom stereocenters. The number of alkyl halides is 1. The number of pyridine rings is 1. The van der Waals surface area contributed by atoms with Crippen LogP contribution in [0.1, 0.15) is 10.5 Å². The van der Waals surface area contributed by atoms with E-state index < -0.39 is 0 Å². The maximum absolute atomic E-state index is 11.0. The van der Waals surface area contributed by atoms with Crippen LogP contribution in [0.5, 0.6) is 0 Å². The second-order valence-electron chi connectivity index (χ2n) is 1.89. The van der Waals surface area contributed by atoms with Crippen molar-refractivity contribution in [3.8, 4) is 0 Å². The van der Waals surface area contributed by atoms with Gasteiger partial charge in [-0.05, 0) is 12.1 Å². The molecular weight excluding hydrogens is 185 g/mol. The molecule has 1 aromatic heterocycles. The van der Waals surface area contributed by atoms with E-state index in [1.807, 2.05) is 0 Å². The highest BCUT2D eigenvalue weighted by Gasteiger charge is 2.08. The van der Waals surface area contributed by atoms with E-state index in [2.05, 4.69) is 4.98 Å². The Hall–Kier alpha value is -0.600. The molecule has 0 saturated carbocycles. The molecule has 0 radical (unpaired) electrons. The van der Waals surface area contributed by atoms with E-state index in [0.717, 1.165) is 0 Å². The highest BCUT2D eigenvalue weighted by Crippen LogP contribution is 2.12. The zero-order chi connectivity index (χ0) is 8.27. The van der Waals surface area contributed by atoms with Crippen molar-refractivity contribution in [2.45, 2.75) is 0 Å². The van der Waals surface area contributed by atoms with E-state index in [4.69, 9.17) is 23.2 Å². The zero-order valence-corrected chi connectivity index (χ0v) is 7.06. The molecular formula is C7H5Cl2NO. The summed E-state index contributed by atoms with van der Waals surface area (Å²) in [5, 5.41) is 0.346. The van der Waals surface area contributed by atoms with Gasteiger partial charge in [-0.1, -0.05) is 11.6 Å². The van der Waals surface area contributed by atoms with Crippen LogP contribution >= 0.6 is 23.2 Å². The third kappa shape index (κ3) is 1.91. The molecule has 0 bridgehead atoms. The van der Waals surface area contributed by atoms with Crippen LogP contribution in [-0.2, 0) is 0 Å². The summed E-state index contributed by atoms with van der Waals surface area (Å²) in [5.74, 6) is -0.339. The lowest BCUT2D eigenvalue weighted by Gasteiger charge is -1.96. The summed E-state index contributed by atoms with van der Waals surface area (Å²) >= 11 is 11.0. The van der Waals surface area contributed by atoms with Gasteiger partial charge in [0.05, 0.1) is 10.9 Å².